The molecule has 0 aliphatic heterocycles. The molecule has 70 valence electrons. The molecule has 0 radical (unpaired) electrons. The largest absolute Gasteiger partial charge is 0.481 e. The summed E-state index contributed by atoms with van der Waals surface area (Å²) >= 11 is 3.33. The molecule has 2 nitrogen and oxygen atoms in total. The van der Waals surface area contributed by atoms with Gasteiger partial charge in [0.2, 0.25) is 0 Å². The summed E-state index contributed by atoms with van der Waals surface area (Å²) in [6.45, 7) is 0. The molecule has 0 aliphatic carbocycles. The van der Waals surface area contributed by atoms with Crippen molar-refractivity contribution >= 4 is 21.9 Å². The highest BCUT2D eigenvalue weighted by atomic mass is 79.9. The number of carbonyl (C=O) groups is 1. The van der Waals surface area contributed by atoms with Crippen LogP contribution in [0.2, 0.25) is 0 Å². The first-order chi connectivity index (χ1) is 6.18. The van der Waals surface area contributed by atoms with E-state index < -0.39 is 5.97 Å². The summed E-state index contributed by atoms with van der Waals surface area (Å²) < 4.78 is 0. The molecular formula is C10H11BrO2. The van der Waals surface area contributed by atoms with Crippen molar-refractivity contribution in [1.29, 1.82) is 0 Å². The van der Waals surface area contributed by atoms with E-state index >= 15 is 0 Å². The zero-order chi connectivity index (χ0) is 9.68. The fourth-order valence-corrected chi connectivity index (χ4v) is 1.78. The molecule has 1 N–H and O–H groups in total. The predicted molar refractivity (Wildman–Crippen MR) is 55.1 cm³/mol. The molecule has 0 aromatic heterocycles. The van der Waals surface area contributed by atoms with E-state index in [4.69, 9.17) is 5.11 Å². The van der Waals surface area contributed by atoms with Crippen LogP contribution in [0.15, 0.2) is 30.3 Å². The SMILES string of the molecule is O=C(O)C[C@@H](Br)Cc1ccccc1. The van der Waals surface area contributed by atoms with Gasteiger partial charge in [-0.2, -0.15) is 0 Å². The van der Waals surface area contributed by atoms with Gasteiger partial charge >= 0.3 is 5.97 Å². The minimum absolute atomic E-state index is 0.0207. The zero-order valence-electron chi connectivity index (χ0n) is 7.11. The Kier molecular flexibility index (Phi) is 3.96. The Morgan fingerprint density at radius 2 is 2.00 bits per heavy atom. The number of carboxylic acid groups (broad SMARTS) is 1. The lowest BCUT2D eigenvalue weighted by atomic mass is 10.1. The molecule has 0 unspecified atom stereocenters. The third-order valence-corrected chi connectivity index (χ3v) is 2.34. The van der Waals surface area contributed by atoms with Gasteiger partial charge in [-0.05, 0) is 12.0 Å². The van der Waals surface area contributed by atoms with Crippen molar-refractivity contribution in [3.63, 3.8) is 0 Å². The molecule has 0 fully saturated rings. The lowest BCUT2D eigenvalue weighted by Gasteiger charge is -2.05. The van der Waals surface area contributed by atoms with Gasteiger partial charge in [-0.1, -0.05) is 46.3 Å². The van der Waals surface area contributed by atoms with Crippen molar-refractivity contribution in [3.8, 4) is 0 Å². The Morgan fingerprint density at radius 3 is 2.54 bits per heavy atom. The number of carboxylic acids is 1. The van der Waals surface area contributed by atoms with Crippen molar-refractivity contribution < 1.29 is 9.90 Å². The maximum atomic E-state index is 10.4. The van der Waals surface area contributed by atoms with E-state index in [1.54, 1.807) is 0 Å². The maximum Gasteiger partial charge on any atom is 0.304 e. The van der Waals surface area contributed by atoms with Crippen LogP contribution in [0.4, 0.5) is 0 Å². The zero-order valence-corrected chi connectivity index (χ0v) is 8.70. The van der Waals surface area contributed by atoms with E-state index in [2.05, 4.69) is 15.9 Å². The quantitative estimate of drug-likeness (QED) is 0.825. The van der Waals surface area contributed by atoms with Gasteiger partial charge in [0.25, 0.3) is 0 Å². The van der Waals surface area contributed by atoms with E-state index in [-0.39, 0.29) is 11.2 Å². The minimum atomic E-state index is -0.766. The summed E-state index contributed by atoms with van der Waals surface area (Å²) in [5.74, 6) is -0.766. The molecule has 0 saturated carbocycles. The summed E-state index contributed by atoms with van der Waals surface area (Å²) in [6.07, 6.45) is 0.919. The third-order valence-electron chi connectivity index (χ3n) is 1.70. The van der Waals surface area contributed by atoms with E-state index in [1.807, 2.05) is 30.3 Å². The van der Waals surface area contributed by atoms with Crippen molar-refractivity contribution in [3.05, 3.63) is 35.9 Å². The Morgan fingerprint density at radius 1 is 1.38 bits per heavy atom. The van der Waals surface area contributed by atoms with Crippen LogP contribution in [0, 0.1) is 0 Å². The topological polar surface area (TPSA) is 37.3 Å². The number of alkyl halides is 1. The maximum absolute atomic E-state index is 10.4. The summed E-state index contributed by atoms with van der Waals surface area (Å²) in [5, 5.41) is 8.53. The molecule has 1 atom stereocenters. The highest BCUT2D eigenvalue weighted by molar-refractivity contribution is 9.09. The van der Waals surface area contributed by atoms with Crippen LogP contribution in [-0.4, -0.2) is 15.9 Å². The van der Waals surface area contributed by atoms with Crippen molar-refractivity contribution in [2.24, 2.45) is 0 Å². The highest BCUT2D eigenvalue weighted by Crippen LogP contribution is 2.12. The normalized spacial score (nSPS) is 12.4. The number of aliphatic carboxylic acids is 1. The van der Waals surface area contributed by atoms with E-state index in [1.165, 1.54) is 0 Å². The molecule has 0 heterocycles. The summed E-state index contributed by atoms with van der Waals surface area (Å²) in [4.78, 5) is 10.4. The second-order valence-electron chi connectivity index (χ2n) is 2.88. The number of rotatable bonds is 4. The average Bonchev–Trinajstić information content (AvgIpc) is 2.04. The second kappa shape index (κ2) is 5.02. The first-order valence-corrected chi connectivity index (χ1v) is 5.00. The van der Waals surface area contributed by atoms with Crippen LogP contribution < -0.4 is 0 Å². The van der Waals surface area contributed by atoms with Gasteiger partial charge in [0.05, 0.1) is 6.42 Å². The molecule has 0 aliphatic rings. The Balaban J connectivity index is 2.45. The van der Waals surface area contributed by atoms with Crippen LogP contribution in [0.3, 0.4) is 0 Å². The standard InChI is InChI=1S/C10H11BrO2/c11-9(7-10(12)13)6-8-4-2-1-3-5-8/h1-5,9H,6-7H2,(H,12,13)/t9-/m0/s1. The molecule has 13 heavy (non-hydrogen) atoms. The lowest BCUT2D eigenvalue weighted by Crippen LogP contribution is -2.09. The Bertz CT molecular complexity index is 272. The molecule has 1 aromatic carbocycles. The first kappa shape index (κ1) is 10.3. The van der Waals surface area contributed by atoms with Gasteiger partial charge in [-0.25, -0.2) is 0 Å². The number of benzene rings is 1. The predicted octanol–water partition coefficient (Wildman–Crippen LogP) is 2.47. The van der Waals surface area contributed by atoms with E-state index in [9.17, 15) is 4.79 Å². The molecular weight excluding hydrogens is 232 g/mol. The monoisotopic (exact) mass is 242 g/mol. The number of hydrogen-bond donors (Lipinski definition) is 1. The average molecular weight is 243 g/mol. The molecule has 0 bridgehead atoms. The van der Waals surface area contributed by atoms with Crippen LogP contribution >= 0.6 is 15.9 Å². The van der Waals surface area contributed by atoms with Gasteiger partial charge in [0, 0.05) is 4.83 Å². The molecule has 3 heteroatoms. The van der Waals surface area contributed by atoms with Crippen LogP contribution in [0.25, 0.3) is 0 Å². The van der Waals surface area contributed by atoms with Crippen molar-refractivity contribution in [2.45, 2.75) is 17.7 Å². The fraction of sp³-hybridized carbons (Fsp3) is 0.300. The highest BCUT2D eigenvalue weighted by Gasteiger charge is 2.09. The molecule has 0 saturated heterocycles. The van der Waals surface area contributed by atoms with Gasteiger partial charge < -0.3 is 5.11 Å². The van der Waals surface area contributed by atoms with E-state index in [0.717, 1.165) is 12.0 Å². The number of halogens is 1. The summed E-state index contributed by atoms with van der Waals surface area (Å²) in [5.41, 5.74) is 1.16. The molecule has 1 rings (SSSR count). The van der Waals surface area contributed by atoms with Crippen molar-refractivity contribution in [2.75, 3.05) is 0 Å². The van der Waals surface area contributed by atoms with Crippen molar-refractivity contribution in [1.82, 2.24) is 0 Å². The fourth-order valence-electron chi connectivity index (χ4n) is 1.13. The minimum Gasteiger partial charge on any atom is -0.481 e. The van der Waals surface area contributed by atoms with Crippen LogP contribution in [-0.2, 0) is 11.2 Å². The first-order valence-electron chi connectivity index (χ1n) is 4.08. The van der Waals surface area contributed by atoms with Gasteiger partial charge in [0.15, 0.2) is 0 Å². The van der Waals surface area contributed by atoms with Crippen LogP contribution in [0.1, 0.15) is 12.0 Å². The smallest absolute Gasteiger partial charge is 0.304 e. The lowest BCUT2D eigenvalue weighted by molar-refractivity contribution is -0.136. The van der Waals surface area contributed by atoms with Gasteiger partial charge in [-0.15, -0.1) is 0 Å². The second-order valence-corrected chi connectivity index (χ2v) is 4.18. The third kappa shape index (κ3) is 4.08. The molecule has 1 aromatic rings. The molecule has 0 amide bonds. The Hall–Kier alpha value is -0.830. The van der Waals surface area contributed by atoms with Crippen LogP contribution in [0.5, 0.6) is 0 Å². The van der Waals surface area contributed by atoms with E-state index in [0.29, 0.717) is 0 Å². The van der Waals surface area contributed by atoms with Gasteiger partial charge in [-0.3, -0.25) is 4.79 Å². The Labute approximate surface area is 85.7 Å². The summed E-state index contributed by atoms with van der Waals surface area (Å²) in [7, 11) is 0. The molecule has 0 spiro atoms. The summed E-state index contributed by atoms with van der Waals surface area (Å²) in [6, 6.07) is 9.85. The van der Waals surface area contributed by atoms with Gasteiger partial charge in [0.1, 0.15) is 0 Å². The number of hydrogen-bond acceptors (Lipinski definition) is 1.